The summed E-state index contributed by atoms with van der Waals surface area (Å²) in [6.07, 6.45) is -3.56. The second-order valence-corrected chi connectivity index (χ2v) is 5.83. The van der Waals surface area contributed by atoms with Gasteiger partial charge < -0.3 is 33.1 Å². The highest BCUT2D eigenvalue weighted by atomic mass is 16.4. The molecule has 26 heavy (non-hydrogen) atoms. The van der Waals surface area contributed by atoms with E-state index in [0.29, 0.717) is 0 Å². The van der Waals surface area contributed by atoms with Gasteiger partial charge in [0.2, 0.25) is 11.8 Å². The van der Waals surface area contributed by atoms with E-state index in [2.05, 4.69) is 0 Å². The summed E-state index contributed by atoms with van der Waals surface area (Å²) in [4.78, 5) is 68.3. The number of rotatable bonds is 13. The highest BCUT2D eigenvalue weighted by Crippen LogP contribution is 2.19. The summed E-state index contributed by atoms with van der Waals surface area (Å²) in [5.74, 6) is -7.37. The summed E-state index contributed by atoms with van der Waals surface area (Å²) < 4.78 is 0. The molecular weight excluding hydrogens is 352 g/mol. The van der Waals surface area contributed by atoms with Crippen molar-refractivity contribution in [3.05, 3.63) is 0 Å². The van der Waals surface area contributed by atoms with Gasteiger partial charge in [-0.15, -0.1) is 0 Å². The van der Waals surface area contributed by atoms with Gasteiger partial charge in [-0.25, -0.2) is 9.59 Å². The molecule has 0 aliphatic rings. The molecule has 0 aromatic carbocycles. The van der Waals surface area contributed by atoms with Gasteiger partial charge in [-0.2, -0.15) is 0 Å². The molecule has 0 radical (unpaired) electrons. The average molecular weight is 374 g/mol. The van der Waals surface area contributed by atoms with Crippen molar-refractivity contribution in [3.63, 3.8) is 0 Å². The third-order valence-electron chi connectivity index (χ3n) is 3.87. The first-order valence-corrected chi connectivity index (χ1v) is 7.45. The summed E-state index contributed by atoms with van der Waals surface area (Å²) >= 11 is 0. The van der Waals surface area contributed by atoms with Crippen LogP contribution < -0.4 is 22.9 Å². The van der Waals surface area contributed by atoms with Crippen LogP contribution in [-0.2, 0) is 28.8 Å². The van der Waals surface area contributed by atoms with E-state index in [4.69, 9.17) is 33.1 Å². The number of hydrogen-bond donors (Lipinski definition) is 6. The fraction of sp³-hybridized carbons (Fsp3) is 0.571. The highest BCUT2D eigenvalue weighted by molar-refractivity contribution is 6.11. The molecule has 0 saturated heterocycles. The third kappa shape index (κ3) is 5.89. The van der Waals surface area contributed by atoms with Crippen LogP contribution in [-0.4, -0.2) is 56.6 Å². The predicted molar refractivity (Wildman–Crippen MR) is 85.2 cm³/mol. The topological polar surface area (TPSA) is 247 Å². The zero-order valence-electron chi connectivity index (χ0n) is 13.9. The van der Waals surface area contributed by atoms with Crippen molar-refractivity contribution in [1.82, 2.24) is 0 Å². The second-order valence-electron chi connectivity index (χ2n) is 5.83. The Morgan fingerprint density at radius 1 is 0.615 bits per heavy atom. The predicted octanol–water partition coefficient (Wildman–Crippen LogP) is -3.00. The van der Waals surface area contributed by atoms with E-state index >= 15 is 0 Å². The Balaban J connectivity index is 5.16. The quantitative estimate of drug-likeness (QED) is 0.178. The summed E-state index contributed by atoms with van der Waals surface area (Å²) in [5, 5.41) is 18.2. The van der Waals surface area contributed by atoms with Gasteiger partial charge >= 0.3 is 11.9 Å². The van der Waals surface area contributed by atoms with Crippen LogP contribution in [0.1, 0.15) is 38.5 Å². The van der Waals surface area contributed by atoms with Crippen LogP contribution in [0.2, 0.25) is 0 Å². The maximum atomic E-state index is 12.1. The molecular formula is C14H22N4O8. The van der Waals surface area contributed by atoms with Gasteiger partial charge in [0.1, 0.15) is 0 Å². The lowest BCUT2D eigenvalue weighted by Crippen LogP contribution is -2.57. The summed E-state index contributed by atoms with van der Waals surface area (Å²) in [5.41, 5.74) is 15.9. The molecule has 12 nitrogen and oxygen atoms in total. The van der Waals surface area contributed by atoms with Gasteiger partial charge in [-0.3, -0.25) is 19.2 Å². The lowest BCUT2D eigenvalue weighted by molar-refractivity contribution is -0.152. The minimum Gasteiger partial charge on any atom is -0.480 e. The van der Waals surface area contributed by atoms with Gasteiger partial charge in [0.15, 0.2) is 22.6 Å². The molecule has 0 aromatic rings. The first kappa shape index (κ1) is 23.1. The number of carboxylic acids is 2. The van der Waals surface area contributed by atoms with Crippen LogP contribution in [0.5, 0.6) is 0 Å². The maximum Gasteiger partial charge on any atom is 0.331 e. The maximum absolute atomic E-state index is 12.1. The number of hydrogen-bond acceptors (Lipinski definition) is 8. The van der Waals surface area contributed by atoms with Crippen molar-refractivity contribution in [2.45, 2.75) is 49.6 Å². The Hall–Kier alpha value is -2.86. The van der Waals surface area contributed by atoms with Gasteiger partial charge in [0.05, 0.1) is 0 Å². The molecule has 0 aromatic heterocycles. The normalized spacial score (nSPS) is 15.3. The van der Waals surface area contributed by atoms with E-state index in [1.807, 2.05) is 0 Å². The summed E-state index contributed by atoms with van der Waals surface area (Å²) in [6.45, 7) is 0. The monoisotopic (exact) mass is 374 g/mol. The molecule has 0 aliphatic heterocycles. The largest absolute Gasteiger partial charge is 0.480 e. The first-order valence-electron chi connectivity index (χ1n) is 7.45. The number of carboxylic acid groups (broad SMARTS) is 2. The Morgan fingerprint density at radius 2 is 0.885 bits per heavy atom. The Labute approximate surface area is 147 Å². The van der Waals surface area contributed by atoms with Crippen molar-refractivity contribution in [2.24, 2.45) is 22.9 Å². The summed E-state index contributed by atoms with van der Waals surface area (Å²) in [6, 6.07) is 0. The molecule has 0 rings (SSSR count). The molecule has 0 heterocycles. The molecule has 0 saturated carbocycles. The third-order valence-corrected chi connectivity index (χ3v) is 3.87. The zero-order chi connectivity index (χ0) is 20.7. The van der Waals surface area contributed by atoms with E-state index in [9.17, 15) is 28.8 Å². The molecule has 0 aliphatic carbocycles. The van der Waals surface area contributed by atoms with Crippen molar-refractivity contribution in [2.75, 3.05) is 0 Å². The smallest absolute Gasteiger partial charge is 0.331 e. The molecule has 0 fully saturated rings. The molecule has 2 atom stereocenters. The Morgan fingerprint density at radius 3 is 1.08 bits per heavy atom. The molecule has 0 spiro atoms. The number of amides is 2. The van der Waals surface area contributed by atoms with E-state index in [1.54, 1.807) is 0 Å². The number of Topliss-reactive ketones (excluding diaryl/α,β-unsaturated/α-hetero) is 2. The SMILES string of the molecule is NC(=O)CCC(N)(C(=O)O)C(=O)CCC(=O)C(N)(CCC(N)=O)C(=O)O. The molecule has 2 amide bonds. The number of ketones is 2. The molecule has 0 bridgehead atoms. The molecule has 10 N–H and O–H groups in total. The standard InChI is InChI=1S/C14H22N4O8/c15-9(21)3-5-13(17,11(23)24)7(19)1-2-8(20)14(18,12(25)26)6-4-10(16)22/h1-6,17-18H2,(H2,15,21)(H2,16,22)(H,23,24)(H,25,26). The average Bonchev–Trinajstić information content (AvgIpc) is 2.54. The van der Waals surface area contributed by atoms with Gasteiger partial charge in [-0.1, -0.05) is 0 Å². The minimum atomic E-state index is -2.46. The van der Waals surface area contributed by atoms with E-state index in [0.717, 1.165) is 0 Å². The van der Waals surface area contributed by atoms with Crippen molar-refractivity contribution >= 4 is 35.3 Å². The summed E-state index contributed by atoms with van der Waals surface area (Å²) in [7, 11) is 0. The Bertz CT molecular complexity index is 580. The van der Waals surface area contributed by atoms with Crippen LogP contribution in [0.15, 0.2) is 0 Å². The van der Waals surface area contributed by atoms with E-state index in [-0.39, 0.29) is 0 Å². The fourth-order valence-corrected chi connectivity index (χ4v) is 2.05. The van der Waals surface area contributed by atoms with Crippen molar-refractivity contribution in [3.8, 4) is 0 Å². The molecule has 12 heteroatoms. The van der Waals surface area contributed by atoms with Crippen LogP contribution in [0.4, 0.5) is 0 Å². The Kier molecular flexibility index (Phi) is 8.02. The van der Waals surface area contributed by atoms with Crippen LogP contribution in [0.3, 0.4) is 0 Å². The lowest BCUT2D eigenvalue weighted by atomic mass is 9.83. The van der Waals surface area contributed by atoms with Gasteiger partial charge in [-0.05, 0) is 12.8 Å². The van der Waals surface area contributed by atoms with Crippen molar-refractivity contribution in [1.29, 1.82) is 0 Å². The first-order chi connectivity index (χ1) is 11.8. The van der Waals surface area contributed by atoms with Gasteiger partial charge in [0, 0.05) is 25.7 Å². The van der Waals surface area contributed by atoms with E-state index < -0.39 is 84.9 Å². The van der Waals surface area contributed by atoms with Crippen LogP contribution in [0.25, 0.3) is 0 Å². The fourth-order valence-electron chi connectivity index (χ4n) is 2.05. The second kappa shape index (κ2) is 9.01. The number of aliphatic carboxylic acids is 2. The molecule has 2 unspecified atom stereocenters. The lowest BCUT2D eigenvalue weighted by Gasteiger charge is -2.25. The zero-order valence-corrected chi connectivity index (χ0v) is 13.9. The van der Waals surface area contributed by atoms with Gasteiger partial charge in [0.25, 0.3) is 0 Å². The molecule has 146 valence electrons. The van der Waals surface area contributed by atoms with Crippen LogP contribution in [0, 0.1) is 0 Å². The number of carbonyl (C=O) groups is 6. The highest BCUT2D eigenvalue weighted by Gasteiger charge is 2.45. The number of primary amides is 2. The van der Waals surface area contributed by atoms with Crippen LogP contribution >= 0.6 is 0 Å². The van der Waals surface area contributed by atoms with Crippen molar-refractivity contribution < 1.29 is 39.0 Å². The van der Waals surface area contributed by atoms with E-state index in [1.165, 1.54) is 0 Å². The number of nitrogens with two attached hydrogens (primary N) is 4. The minimum absolute atomic E-state index is 0.475. The number of carbonyl (C=O) groups excluding carboxylic acids is 4.